The third-order valence-electron chi connectivity index (χ3n) is 5.67. The molecule has 7 nitrogen and oxygen atoms in total. The molecule has 1 amide bonds. The lowest BCUT2D eigenvalue weighted by molar-refractivity contribution is 0.0785. The maximum absolute atomic E-state index is 13.0. The third kappa shape index (κ3) is 4.76. The van der Waals surface area contributed by atoms with Crippen molar-refractivity contribution in [2.45, 2.75) is 31.5 Å². The average Bonchev–Trinajstić information content (AvgIpc) is 3.45. The summed E-state index contributed by atoms with van der Waals surface area (Å²) in [4.78, 5) is 14.7. The van der Waals surface area contributed by atoms with Crippen LogP contribution in [0.15, 0.2) is 70.3 Å². The number of nitrogens with zero attached hydrogens (tertiary/aromatic N) is 3. The van der Waals surface area contributed by atoms with Gasteiger partial charge in [-0.15, -0.1) is 11.3 Å². The summed E-state index contributed by atoms with van der Waals surface area (Å²) in [5.41, 5.74) is 5.88. The van der Waals surface area contributed by atoms with Crippen LogP contribution in [-0.2, 0) is 16.6 Å². The Labute approximate surface area is 203 Å². The summed E-state index contributed by atoms with van der Waals surface area (Å²) in [6.45, 7) is 6.42. The minimum Gasteiger partial charge on any atom is -0.337 e. The number of hydrogen-bond acceptors (Lipinski definition) is 5. The number of thiophene rings is 1. The molecule has 2 heterocycles. The highest BCUT2D eigenvalue weighted by Crippen LogP contribution is 2.23. The fourth-order valence-electron chi connectivity index (χ4n) is 3.77. The molecule has 0 saturated heterocycles. The van der Waals surface area contributed by atoms with Crippen LogP contribution in [-0.4, -0.2) is 36.1 Å². The van der Waals surface area contributed by atoms with E-state index >= 15 is 0 Å². The van der Waals surface area contributed by atoms with Crippen molar-refractivity contribution in [3.05, 3.63) is 94.1 Å². The number of hydrogen-bond donors (Lipinski definition) is 1. The fourth-order valence-corrected chi connectivity index (χ4v) is 5.82. The van der Waals surface area contributed by atoms with Crippen molar-refractivity contribution in [2.24, 2.45) is 0 Å². The quantitative estimate of drug-likeness (QED) is 0.395. The van der Waals surface area contributed by atoms with Gasteiger partial charge in [-0.25, -0.2) is 13.1 Å². The van der Waals surface area contributed by atoms with Gasteiger partial charge in [-0.1, -0.05) is 24.3 Å². The molecule has 0 unspecified atom stereocenters. The summed E-state index contributed by atoms with van der Waals surface area (Å²) in [5, 5.41) is 6.42. The zero-order valence-corrected chi connectivity index (χ0v) is 21.1. The van der Waals surface area contributed by atoms with Crippen LogP contribution < -0.4 is 4.72 Å². The Kier molecular flexibility index (Phi) is 6.58. The SMILES string of the molecule is Cc1ccccc1-n1nc(C)c(CN(C)C(=O)c2ccc(NS(=O)(=O)c3cccs3)cc2)c1C. The van der Waals surface area contributed by atoms with E-state index in [0.29, 0.717) is 17.8 Å². The average molecular weight is 495 g/mol. The highest BCUT2D eigenvalue weighted by molar-refractivity contribution is 7.94. The Balaban J connectivity index is 1.49. The minimum atomic E-state index is -3.63. The molecule has 0 atom stereocenters. The van der Waals surface area contributed by atoms with E-state index in [-0.39, 0.29) is 10.1 Å². The van der Waals surface area contributed by atoms with Crippen molar-refractivity contribution in [2.75, 3.05) is 11.8 Å². The van der Waals surface area contributed by atoms with Gasteiger partial charge in [0.2, 0.25) is 0 Å². The highest BCUT2D eigenvalue weighted by Gasteiger charge is 2.20. The van der Waals surface area contributed by atoms with E-state index in [2.05, 4.69) is 4.72 Å². The van der Waals surface area contributed by atoms with Gasteiger partial charge in [0.15, 0.2) is 0 Å². The van der Waals surface area contributed by atoms with Crippen molar-refractivity contribution in [3.63, 3.8) is 0 Å². The maximum Gasteiger partial charge on any atom is 0.271 e. The molecule has 176 valence electrons. The number of nitrogens with one attached hydrogen (secondary N) is 1. The van der Waals surface area contributed by atoms with Crippen molar-refractivity contribution in [3.8, 4) is 5.69 Å². The first-order valence-corrected chi connectivity index (χ1v) is 13.1. The standard InChI is InChI=1S/C25H26N4O3S2/c1-17-8-5-6-9-23(17)29-19(3)22(18(2)26-29)16-28(4)25(30)20-11-13-21(14-12-20)27-34(31,32)24-10-7-15-33-24/h5-15,27H,16H2,1-4H3. The summed E-state index contributed by atoms with van der Waals surface area (Å²) in [6.07, 6.45) is 0. The Morgan fingerprint density at radius 1 is 1.03 bits per heavy atom. The molecule has 0 saturated carbocycles. The van der Waals surface area contributed by atoms with E-state index in [9.17, 15) is 13.2 Å². The topological polar surface area (TPSA) is 84.3 Å². The predicted octanol–water partition coefficient (Wildman–Crippen LogP) is 4.93. The molecule has 0 aliphatic rings. The Hall–Kier alpha value is -3.43. The van der Waals surface area contributed by atoms with Crippen LogP contribution in [0.4, 0.5) is 5.69 Å². The number of carbonyl (C=O) groups excluding carboxylic acids is 1. The van der Waals surface area contributed by atoms with Crippen molar-refractivity contribution >= 4 is 33.0 Å². The molecular formula is C25H26N4O3S2. The summed E-state index contributed by atoms with van der Waals surface area (Å²) in [5.74, 6) is -0.157. The molecule has 2 aromatic heterocycles. The van der Waals surface area contributed by atoms with Gasteiger partial charge in [0.25, 0.3) is 15.9 Å². The molecule has 1 N–H and O–H groups in total. The lowest BCUT2D eigenvalue weighted by Gasteiger charge is -2.18. The van der Waals surface area contributed by atoms with Crippen LogP contribution in [0.25, 0.3) is 5.69 Å². The number of sulfonamides is 1. The molecule has 0 fully saturated rings. The first-order valence-electron chi connectivity index (χ1n) is 10.7. The molecule has 0 aliphatic carbocycles. The Morgan fingerprint density at radius 2 is 1.74 bits per heavy atom. The van der Waals surface area contributed by atoms with Gasteiger partial charge in [-0.2, -0.15) is 5.10 Å². The molecule has 0 spiro atoms. The smallest absolute Gasteiger partial charge is 0.271 e. The zero-order chi connectivity index (χ0) is 24.5. The van der Waals surface area contributed by atoms with E-state index in [1.54, 1.807) is 53.7 Å². The van der Waals surface area contributed by atoms with Gasteiger partial charge < -0.3 is 4.90 Å². The van der Waals surface area contributed by atoms with Crippen LogP contribution >= 0.6 is 11.3 Å². The van der Waals surface area contributed by atoms with Gasteiger partial charge in [0, 0.05) is 36.1 Å². The summed E-state index contributed by atoms with van der Waals surface area (Å²) >= 11 is 1.15. The number of amides is 1. The number of para-hydroxylation sites is 1. The second-order valence-electron chi connectivity index (χ2n) is 8.12. The molecule has 34 heavy (non-hydrogen) atoms. The van der Waals surface area contributed by atoms with E-state index in [1.165, 1.54) is 0 Å². The second-order valence-corrected chi connectivity index (χ2v) is 11.0. The molecule has 0 bridgehead atoms. The Morgan fingerprint density at radius 3 is 2.38 bits per heavy atom. The number of aromatic nitrogens is 2. The van der Waals surface area contributed by atoms with Crippen LogP contribution in [0.5, 0.6) is 0 Å². The maximum atomic E-state index is 13.0. The predicted molar refractivity (Wildman–Crippen MR) is 135 cm³/mol. The third-order valence-corrected chi connectivity index (χ3v) is 8.45. The highest BCUT2D eigenvalue weighted by atomic mass is 32.2. The monoisotopic (exact) mass is 494 g/mol. The molecule has 2 aromatic carbocycles. The van der Waals surface area contributed by atoms with Crippen LogP contribution in [0.3, 0.4) is 0 Å². The number of rotatable bonds is 7. The van der Waals surface area contributed by atoms with Gasteiger partial charge >= 0.3 is 0 Å². The largest absolute Gasteiger partial charge is 0.337 e. The summed E-state index contributed by atoms with van der Waals surface area (Å²) in [7, 11) is -1.88. The van der Waals surface area contributed by atoms with E-state index in [0.717, 1.165) is 39.5 Å². The van der Waals surface area contributed by atoms with Crippen molar-refractivity contribution in [1.29, 1.82) is 0 Å². The number of aryl methyl sites for hydroxylation is 2. The first-order chi connectivity index (χ1) is 16.2. The van der Waals surface area contributed by atoms with E-state index < -0.39 is 10.0 Å². The van der Waals surface area contributed by atoms with E-state index in [1.807, 2.05) is 49.7 Å². The number of anilines is 1. The minimum absolute atomic E-state index is 0.157. The molecule has 0 radical (unpaired) electrons. The zero-order valence-electron chi connectivity index (χ0n) is 19.4. The molecule has 0 aliphatic heterocycles. The van der Waals surface area contributed by atoms with Crippen LogP contribution in [0, 0.1) is 20.8 Å². The number of benzene rings is 2. The van der Waals surface area contributed by atoms with Crippen molar-refractivity contribution < 1.29 is 13.2 Å². The lowest BCUT2D eigenvalue weighted by atomic mass is 10.1. The van der Waals surface area contributed by atoms with Gasteiger partial charge in [-0.05, 0) is 68.1 Å². The van der Waals surface area contributed by atoms with Gasteiger partial charge in [-0.3, -0.25) is 9.52 Å². The first kappa shape index (κ1) is 23.7. The molecule has 4 aromatic rings. The summed E-state index contributed by atoms with van der Waals surface area (Å²) < 4.78 is 29.5. The molecular weight excluding hydrogens is 468 g/mol. The fraction of sp³-hybridized carbons (Fsp3) is 0.200. The van der Waals surface area contributed by atoms with Gasteiger partial charge in [0.1, 0.15) is 4.21 Å². The Bertz CT molecular complexity index is 1420. The summed E-state index contributed by atoms with van der Waals surface area (Å²) in [6, 6.07) is 17.7. The molecule has 9 heteroatoms. The van der Waals surface area contributed by atoms with E-state index in [4.69, 9.17) is 5.10 Å². The lowest BCUT2D eigenvalue weighted by Crippen LogP contribution is -2.26. The van der Waals surface area contributed by atoms with Crippen molar-refractivity contribution in [1.82, 2.24) is 14.7 Å². The van der Waals surface area contributed by atoms with Crippen LogP contribution in [0.2, 0.25) is 0 Å². The number of carbonyl (C=O) groups is 1. The normalized spacial score (nSPS) is 11.4. The van der Waals surface area contributed by atoms with Crippen LogP contribution in [0.1, 0.15) is 32.9 Å². The molecule has 4 rings (SSSR count). The second kappa shape index (κ2) is 9.44. The van der Waals surface area contributed by atoms with Gasteiger partial charge in [0.05, 0.1) is 11.4 Å².